The van der Waals surface area contributed by atoms with Crippen molar-refractivity contribution in [3.8, 4) is 0 Å². The van der Waals surface area contributed by atoms with E-state index >= 15 is 0 Å². The van der Waals surface area contributed by atoms with Gasteiger partial charge in [0.25, 0.3) is 0 Å². The molecule has 1 saturated heterocycles. The predicted molar refractivity (Wildman–Crippen MR) is 62.3 cm³/mol. The molecule has 0 saturated carbocycles. The number of β-amino-alcohol motifs (C(OH)–C–C–N with tert-alkyl or cyclic N) is 1. The fourth-order valence-corrected chi connectivity index (χ4v) is 2.05. The van der Waals surface area contributed by atoms with Crippen molar-refractivity contribution in [2.75, 3.05) is 19.6 Å². The zero-order valence-corrected chi connectivity index (χ0v) is 9.93. The maximum Gasteiger partial charge on any atom is 0.234 e. The zero-order valence-electron chi connectivity index (χ0n) is 9.93. The highest BCUT2D eigenvalue weighted by atomic mass is 16.3. The highest BCUT2D eigenvalue weighted by Crippen LogP contribution is 2.12. The highest BCUT2D eigenvalue weighted by molar-refractivity contribution is 5.78. The number of nitrogens with one attached hydrogen (secondary N) is 1. The van der Waals surface area contributed by atoms with Crippen molar-refractivity contribution < 1.29 is 14.3 Å². The van der Waals surface area contributed by atoms with Crippen LogP contribution < -0.4 is 5.32 Å². The van der Waals surface area contributed by atoms with Crippen LogP contribution in [0.15, 0.2) is 22.8 Å². The van der Waals surface area contributed by atoms with Crippen LogP contribution in [0.3, 0.4) is 0 Å². The van der Waals surface area contributed by atoms with E-state index in [1.165, 1.54) is 0 Å². The van der Waals surface area contributed by atoms with Crippen molar-refractivity contribution >= 4 is 5.91 Å². The summed E-state index contributed by atoms with van der Waals surface area (Å²) < 4.78 is 5.21. The summed E-state index contributed by atoms with van der Waals surface area (Å²) in [6.07, 6.45) is 2.06. The van der Waals surface area contributed by atoms with E-state index in [0.29, 0.717) is 13.1 Å². The van der Waals surface area contributed by atoms with Gasteiger partial charge in [-0.3, -0.25) is 9.69 Å². The minimum absolute atomic E-state index is 0.0389. The van der Waals surface area contributed by atoms with Gasteiger partial charge in [0.1, 0.15) is 5.76 Å². The van der Waals surface area contributed by atoms with E-state index in [9.17, 15) is 9.90 Å². The molecule has 1 aromatic rings. The summed E-state index contributed by atoms with van der Waals surface area (Å²) in [5.74, 6) is 0.711. The quantitative estimate of drug-likeness (QED) is 0.802. The lowest BCUT2D eigenvalue weighted by atomic mass is 10.2. The molecule has 2 atom stereocenters. The van der Waals surface area contributed by atoms with Crippen LogP contribution in [-0.2, 0) is 4.79 Å². The van der Waals surface area contributed by atoms with Gasteiger partial charge in [0, 0.05) is 13.1 Å². The third kappa shape index (κ3) is 3.31. The average molecular weight is 238 g/mol. The van der Waals surface area contributed by atoms with Gasteiger partial charge in [0.15, 0.2) is 0 Å². The molecule has 94 valence electrons. The third-order valence-electron chi connectivity index (χ3n) is 2.96. The minimum Gasteiger partial charge on any atom is -0.467 e. The van der Waals surface area contributed by atoms with E-state index in [1.807, 2.05) is 17.9 Å². The van der Waals surface area contributed by atoms with Gasteiger partial charge >= 0.3 is 0 Å². The summed E-state index contributed by atoms with van der Waals surface area (Å²) in [6, 6.07) is 3.52. The smallest absolute Gasteiger partial charge is 0.234 e. The Labute approximate surface area is 100 Å². The second-order valence-corrected chi connectivity index (χ2v) is 4.48. The molecule has 5 nitrogen and oxygen atoms in total. The largest absolute Gasteiger partial charge is 0.467 e. The van der Waals surface area contributed by atoms with Crippen LogP contribution in [0.1, 0.15) is 25.1 Å². The molecule has 1 fully saturated rings. The first kappa shape index (κ1) is 12.1. The molecule has 5 heteroatoms. The molecule has 1 unspecified atom stereocenters. The number of amides is 1. The Morgan fingerprint density at radius 3 is 3.18 bits per heavy atom. The van der Waals surface area contributed by atoms with Crippen LogP contribution in [-0.4, -0.2) is 41.7 Å². The summed E-state index contributed by atoms with van der Waals surface area (Å²) in [7, 11) is 0. The average Bonchev–Trinajstić information content (AvgIpc) is 2.89. The molecule has 1 amide bonds. The maximum atomic E-state index is 11.7. The van der Waals surface area contributed by atoms with Crippen molar-refractivity contribution in [2.45, 2.75) is 25.5 Å². The van der Waals surface area contributed by atoms with Crippen molar-refractivity contribution in [2.24, 2.45) is 0 Å². The van der Waals surface area contributed by atoms with Gasteiger partial charge in [0.2, 0.25) is 5.91 Å². The standard InChI is InChI=1S/C12H18N2O3/c1-9(11-3-2-6-17-11)13-12(16)8-14-5-4-10(15)7-14/h2-3,6,9-10,15H,4-5,7-8H2,1H3,(H,13,16)/t9?,10-/m0/s1. The second kappa shape index (κ2) is 5.33. The van der Waals surface area contributed by atoms with E-state index in [0.717, 1.165) is 18.7 Å². The molecule has 2 N–H and O–H groups in total. The fraction of sp³-hybridized carbons (Fsp3) is 0.583. The first-order valence-corrected chi connectivity index (χ1v) is 5.88. The zero-order chi connectivity index (χ0) is 12.3. The van der Waals surface area contributed by atoms with Crippen LogP contribution in [0.4, 0.5) is 0 Å². The summed E-state index contributed by atoms with van der Waals surface area (Å²) in [4.78, 5) is 13.7. The van der Waals surface area contributed by atoms with E-state index < -0.39 is 0 Å². The SMILES string of the molecule is CC(NC(=O)CN1CC[C@H](O)C1)c1ccco1. The van der Waals surface area contributed by atoms with Gasteiger partial charge in [-0.1, -0.05) is 0 Å². The molecule has 0 spiro atoms. The van der Waals surface area contributed by atoms with E-state index in [-0.39, 0.29) is 18.1 Å². The molecule has 2 heterocycles. The number of likely N-dealkylation sites (tertiary alicyclic amines) is 1. The molecule has 17 heavy (non-hydrogen) atoms. The molecule has 2 rings (SSSR count). The Kier molecular flexibility index (Phi) is 3.81. The number of nitrogens with zero attached hydrogens (tertiary/aromatic N) is 1. The van der Waals surface area contributed by atoms with Crippen molar-refractivity contribution in [1.29, 1.82) is 0 Å². The molecule has 1 aromatic heterocycles. The monoisotopic (exact) mass is 238 g/mol. The number of hydrogen-bond acceptors (Lipinski definition) is 4. The van der Waals surface area contributed by atoms with Gasteiger partial charge in [-0.05, 0) is 25.5 Å². The van der Waals surface area contributed by atoms with E-state index in [1.54, 1.807) is 12.3 Å². The Hall–Kier alpha value is -1.33. The van der Waals surface area contributed by atoms with Gasteiger partial charge in [-0.25, -0.2) is 0 Å². The lowest BCUT2D eigenvalue weighted by Gasteiger charge is -2.16. The molecular weight excluding hydrogens is 220 g/mol. The number of aliphatic hydroxyl groups excluding tert-OH is 1. The molecule has 0 radical (unpaired) electrons. The van der Waals surface area contributed by atoms with Crippen LogP contribution in [0.5, 0.6) is 0 Å². The minimum atomic E-state index is -0.287. The van der Waals surface area contributed by atoms with E-state index in [2.05, 4.69) is 5.32 Å². The van der Waals surface area contributed by atoms with Gasteiger partial charge in [-0.2, -0.15) is 0 Å². The Morgan fingerprint density at radius 1 is 1.76 bits per heavy atom. The Bertz CT molecular complexity index is 364. The van der Waals surface area contributed by atoms with Crippen LogP contribution in [0, 0.1) is 0 Å². The number of aliphatic hydroxyl groups is 1. The second-order valence-electron chi connectivity index (χ2n) is 4.48. The fourth-order valence-electron chi connectivity index (χ4n) is 2.05. The van der Waals surface area contributed by atoms with Crippen LogP contribution in [0.2, 0.25) is 0 Å². The highest BCUT2D eigenvalue weighted by Gasteiger charge is 2.22. The van der Waals surface area contributed by atoms with Crippen LogP contribution in [0.25, 0.3) is 0 Å². The molecule has 1 aliphatic heterocycles. The molecule has 1 aliphatic rings. The first-order chi connectivity index (χ1) is 8.15. The first-order valence-electron chi connectivity index (χ1n) is 5.88. The summed E-state index contributed by atoms with van der Waals surface area (Å²) in [5.41, 5.74) is 0. The molecule has 0 aliphatic carbocycles. The van der Waals surface area contributed by atoms with Crippen molar-refractivity contribution in [3.63, 3.8) is 0 Å². The number of furan rings is 1. The normalized spacial score (nSPS) is 22.6. The summed E-state index contributed by atoms with van der Waals surface area (Å²) >= 11 is 0. The van der Waals surface area contributed by atoms with Gasteiger partial charge in [-0.15, -0.1) is 0 Å². The maximum absolute atomic E-state index is 11.7. The Morgan fingerprint density at radius 2 is 2.59 bits per heavy atom. The number of carbonyl (C=O) groups excluding carboxylic acids is 1. The number of carbonyl (C=O) groups is 1. The van der Waals surface area contributed by atoms with Crippen molar-refractivity contribution in [3.05, 3.63) is 24.2 Å². The molecule has 0 aromatic carbocycles. The van der Waals surface area contributed by atoms with Gasteiger partial charge < -0.3 is 14.8 Å². The Balaban J connectivity index is 1.77. The predicted octanol–water partition coefficient (Wildman–Crippen LogP) is 0.523. The van der Waals surface area contributed by atoms with Gasteiger partial charge in [0.05, 0.1) is 25.0 Å². The summed E-state index contributed by atoms with van der Waals surface area (Å²) in [5, 5.41) is 12.2. The lowest BCUT2D eigenvalue weighted by molar-refractivity contribution is -0.122. The van der Waals surface area contributed by atoms with Crippen LogP contribution >= 0.6 is 0 Å². The third-order valence-corrected chi connectivity index (χ3v) is 2.96. The lowest BCUT2D eigenvalue weighted by Crippen LogP contribution is -2.37. The van der Waals surface area contributed by atoms with Crippen molar-refractivity contribution in [1.82, 2.24) is 10.2 Å². The number of rotatable bonds is 4. The number of hydrogen-bond donors (Lipinski definition) is 2. The molecular formula is C12H18N2O3. The molecule has 0 bridgehead atoms. The summed E-state index contributed by atoms with van der Waals surface area (Å²) in [6.45, 7) is 3.59. The van der Waals surface area contributed by atoms with E-state index in [4.69, 9.17) is 4.42 Å². The topological polar surface area (TPSA) is 65.7 Å².